The molecular weight excluding hydrogens is 256 g/mol. The van der Waals surface area contributed by atoms with Gasteiger partial charge in [-0.1, -0.05) is 12.1 Å². The molecule has 0 fully saturated rings. The van der Waals surface area contributed by atoms with Crippen LogP contribution in [-0.4, -0.2) is 44.6 Å². The molecule has 1 heterocycles. The quantitative estimate of drug-likeness (QED) is 0.823. The van der Waals surface area contributed by atoms with Crippen LogP contribution in [0.15, 0.2) is 30.6 Å². The molecule has 7 nitrogen and oxygen atoms in total. The van der Waals surface area contributed by atoms with Crippen molar-refractivity contribution in [2.24, 2.45) is 5.92 Å². The number of carbonyl (C=O) groups excluding carboxylic acids is 1. The van der Waals surface area contributed by atoms with Gasteiger partial charge in [0.2, 0.25) is 0 Å². The summed E-state index contributed by atoms with van der Waals surface area (Å²) < 4.78 is 1.44. The summed E-state index contributed by atoms with van der Waals surface area (Å²) in [5, 5.41) is 19.8. The van der Waals surface area contributed by atoms with E-state index in [1.807, 2.05) is 6.07 Å². The number of tetrazole rings is 1. The topological polar surface area (TPSA) is 87.7 Å². The molecule has 0 unspecified atom stereocenters. The molecule has 0 bridgehead atoms. The highest BCUT2D eigenvalue weighted by Crippen LogP contribution is 2.15. The summed E-state index contributed by atoms with van der Waals surface area (Å²) in [6.07, 6.45) is 1.43. The summed E-state index contributed by atoms with van der Waals surface area (Å²) in [5.74, 6) is -0.387. The minimum atomic E-state index is -0.218. The van der Waals surface area contributed by atoms with E-state index >= 15 is 0 Å². The fourth-order valence-electron chi connectivity index (χ4n) is 1.87. The number of rotatable bonds is 4. The van der Waals surface area contributed by atoms with Gasteiger partial charge in [-0.3, -0.25) is 4.79 Å². The van der Waals surface area contributed by atoms with Crippen molar-refractivity contribution in [1.29, 1.82) is 5.26 Å². The summed E-state index contributed by atoms with van der Waals surface area (Å²) in [5.41, 5.74) is 1.10. The van der Waals surface area contributed by atoms with Crippen molar-refractivity contribution in [1.82, 2.24) is 25.1 Å². The summed E-state index contributed by atoms with van der Waals surface area (Å²) >= 11 is 0. The van der Waals surface area contributed by atoms with E-state index in [1.165, 1.54) is 15.9 Å². The van der Waals surface area contributed by atoms with Gasteiger partial charge in [-0.2, -0.15) is 9.94 Å². The number of amides is 1. The number of benzene rings is 1. The minimum absolute atomic E-state index is 0.168. The average molecular weight is 270 g/mol. The number of nitrogens with zero attached hydrogens (tertiary/aromatic N) is 6. The third-order valence-corrected chi connectivity index (χ3v) is 2.85. The van der Waals surface area contributed by atoms with Gasteiger partial charge in [0.15, 0.2) is 0 Å². The molecule has 0 aliphatic carbocycles. The van der Waals surface area contributed by atoms with Gasteiger partial charge in [0.1, 0.15) is 6.33 Å². The van der Waals surface area contributed by atoms with E-state index in [-0.39, 0.29) is 11.8 Å². The van der Waals surface area contributed by atoms with Gasteiger partial charge in [-0.15, -0.1) is 5.10 Å². The van der Waals surface area contributed by atoms with Crippen LogP contribution in [0.4, 0.5) is 0 Å². The van der Waals surface area contributed by atoms with E-state index in [9.17, 15) is 4.79 Å². The van der Waals surface area contributed by atoms with Crippen molar-refractivity contribution < 1.29 is 4.79 Å². The minimum Gasteiger partial charge on any atom is -0.340 e. The van der Waals surface area contributed by atoms with Crippen LogP contribution in [0, 0.1) is 17.2 Å². The zero-order chi connectivity index (χ0) is 14.5. The number of aromatic nitrogens is 4. The molecule has 0 aliphatic rings. The van der Waals surface area contributed by atoms with Gasteiger partial charge in [0.05, 0.1) is 23.2 Å². The van der Waals surface area contributed by atoms with E-state index in [2.05, 4.69) is 21.6 Å². The standard InChI is InChI=1S/C13H14N6O/c1-10(7-14)8-18(2)13(20)11-5-3-4-6-12(11)19-9-15-16-17-19/h3-6,9-10H,8H2,1-2H3/t10-/m0/s1. The number of carbonyl (C=O) groups is 1. The first-order chi connectivity index (χ1) is 9.63. The van der Waals surface area contributed by atoms with Crippen molar-refractivity contribution in [3.8, 4) is 11.8 Å². The number of hydrogen-bond acceptors (Lipinski definition) is 5. The van der Waals surface area contributed by atoms with Crippen LogP contribution in [0.2, 0.25) is 0 Å². The van der Waals surface area contributed by atoms with Crippen molar-refractivity contribution in [2.45, 2.75) is 6.92 Å². The van der Waals surface area contributed by atoms with Crippen molar-refractivity contribution in [3.05, 3.63) is 36.2 Å². The molecule has 102 valence electrons. The summed E-state index contributed by atoms with van der Waals surface area (Å²) in [4.78, 5) is 14.0. The lowest BCUT2D eigenvalue weighted by Crippen LogP contribution is -2.31. The predicted octanol–water partition coefficient (Wildman–Crippen LogP) is 0.894. The van der Waals surface area contributed by atoms with Gasteiger partial charge < -0.3 is 4.90 Å². The third-order valence-electron chi connectivity index (χ3n) is 2.85. The lowest BCUT2D eigenvalue weighted by atomic mass is 10.1. The van der Waals surface area contributed by atoms with Crippen molar-refractivity contribution in [3.63, 3.8) is 0 Å². The van der Waals surface area contributed by atoms with E-state index < -0.39 is 0 Å². The Hall–Kier alpha value is -2.75. The largest absolute Gasteiger partial charge is 0.340 e. The molecule has 1 aromatic carbocycles. The molecule has 0 saturated carbocycles. The van der Waals surface area contributed by atoms with Gasteiger partial charge >= 0.3 is 0 Å². The summed E-state index contributed by atoms with van der Waals surface area (Å²) in [6.45, 7) is 2.15. The fraction of sp³-hybridized carbons (Fsp3) is 0.308. The molecule has 1 aromatic heterocycles. The Morgan fingerprint density at radius 2 is 2.25 bits per heavy atom. The van der Waals surface area contributed by atoms with Crippen LogP contribution < -0.4 is 0 Å². The molecule has 0 aliphatic heterocycles. The Morgan fingerprint density at radius 3 is 2.90 bits per heavy atom. The molecule has 1 amide bonds. The average Bonchev–Trinajstić information content (AvgIpc) is 3.00. The molecule has 1 atom stereocenters. The molecule has 0 radical (unpaired) electrons. The normalized spacial score (nSPS) is 11.7. The van der Waals surface area contributed by atoms with Gasteiger partial charge in [0, 0.05) is 13.6 Å². The van der Waals surface area contributed by atoms with Crippen LogP contribution in [0.1, 0.15) is 17.3 Å². The van der Waals surface area contributed by atoms with Gasteiger partial charge in [-0.05, 0) is 29.5 Å². The maximum atomic E-state index is 12.4. The van der Waals surface area contributed by atoms with Gasteiger partial charge in [0.25, 0.3) is 5.91 Å². The molecule has 2 rings (SSSR count). The van der Waals surface area contributed by atoms with Crippen molar-refractivity contribution in [2.75, 3.05) is 13.6 Å². The number of nitriles is 1. The Labute approximate surface area is 116 Å². The summed E-state index contributed by atoms with van der Waals surface area (Å²) in [7, 11) is 1.67. The van der Waals surface area contributed by atoms with E-state index in [1.54, 1.807) is 32.2 Å². The predicted molar refractivity (Wildman–Crippen MR) is 70.9 cm³/mol. The SMILES string of the molecule is C[C@@H](C#N)CN(C)C(=O)c1ccccc1-n1cnnn1. The Balaban J connectivity index is 2.29. The van der Waals surface area contributed by atoms with E-state index in [4.69, 9.17) is 5.26 Å². The van der Waals surface area contributed by atoms with Gasteiger partial charge in [-0.25, -0.2) is 0 Å². The molecule has 2 aromatic rings. The molecule has 0 saturated heterocycles. The maximum absolute atomic E-state index is 12.4. The second-order valence-electron chi connectivity index (χ2n) is 4.49. The fourth-order valence-corrected chi connectivity index (χ4v) is 1.87. The van der Waals surface area contributed by atoms with E-state index in [0.29, 0.717) is 17.8 Å². The first-order valence-electron chi connectivity index (χ1n) is 6.11. The molecule has 7 heteroatoms. The monoisotopic (exact) mass is 270 g/mol. The highest BCUT2D eigenvalue weighted by molar-refractivity contribution is 5.97. The third kappa shape index (κ3) is 2.80. The zero-order valence-corrected chi connectivity index (χ0v) is 11.3. The molecule has 0 N–H and O–H groups in total. The highest BCUT2D eigenvalue weighted by Gasteiger charge is 2.18. The van der Waals surface area contributed by atoms with Crippen molar-refractivity contribution >= 4 is 5.91 Å². The molecule has 0 spiro atoms. The van der Waals surface area contributed by atoms with E-state index in [0.717, 1.165) is 0 Å². The summed E-state index contributed by atoms with van der Waals surface area (Å²) in [6, 6.07) is 9.19. The van der Waals surface area contributed by atoms with Crippen LogP contribution in [0.5, 0.6) is 0 Å². The Bertz CT molecular complexity index is 631. The second kappa shape index (κ2) is 5.93. The molecular formula is C13H14N6O. The lowest BCUT2D eigenvalue weighted by Gasteiger charge is -2.19. The van der Waals surface area contributed by atoms with Crippen LogP contribution in [-0.2, 0) is 0 Å². The molecule has 20 heavy (non-hydrogen) atoms. The lowest BCUT2D eigenvalue weighted by molar-refractivity contribution is 0.0785. The first-order valence-corrected chi connectivity index (χ1v) is 6.11. The second-order valence-corrected chi connectivity index (χ2v) is 4.49. The zero-order valence-electron chi connectivity index (χ0n) is 11.3. The van der Waals surface area contributed by atoms with Crippen LogP contribution in [0.25, 0.3) is 5.69 Å². The number of para-hydroxylation sites is 1. The maximum Gasteiger partial charge on any atom is 0.255 e. The number of hydrogen-bond donors (Lipinski definition) is 0. The smallest absolute Gasteiger partial charge is 0.255 e. The Kier molecular flexibility index (Phi) is 4.05. The highest BCUT2D eigenvalue weighted by atomic mass is 16.2. The Morgan fingerprint density at radius 1 is 1.50 bits per heavy atom. The van der Waals surface area contributed by atoms with Crippen LogP contribution >= 0.6 is 0 Å². The first kappa shape index (κ1) is 13.7. The van der Waals surface area contributed by atoms with Crippen LogP contribution in [0.3, 0.4) is 0 Å².